The number of anilines is 2. The lowest BCUT2D eigenvalue weighted by atomic mass is 10.2. The summed E-state index contributed by atoms with van der Waals surface area (Å²) < 4.78 is 2.00. The highest BCUT2D eigenvalue weighted by Gasteiger charge is 2.16. The first kappa shape index (κ1) is 22.2. The van der Waals surface area contributed by atoms with Crippen molar-refractivity contribution >= 4 is 34.3 Å². The predicted octanol–water partition coefficient (Wildman–Crippen LogP) is 4.41. The van der Waals surface area contributed by atoms with Gasteiger partial charge in [0, 0.05) is 49.5 Å². The lowest BCUT2D eigenvalue weighted by molar-refractivity contribution is 0.182. The number of nitrogens with zero attached hydrogens (tertiary/aromatic N) is 6. The van der Waals surface area contributed by atoms with Gasteiger partial charge in [0.25, 0.3) is 0 Å². The lowest BCUT2D eigenvalue weighted by Gasteiger charge is -2.30. The Morgan fingerprint density at radius 1 is 1.09 bits per heavy atom. The summed E-state index contributed by atoms with van der Waals surface area (Å²) in [6.07, 6.45) is 5.42. The molecule has 4 rings (SSSR count). The highest BCUT2D eigenvalue weighted by molar-refractivity contribution is 7.08. The van der Waals surface area contributed by atoms with Crippen LogP contribution in [0.15, 0.2) is 47.7 Å². The molecule has 0 fully saturated rings. The minimum atomic E-state index is 0.483. The molecule has 0 saturated heterocycles. The third kappa shape index (κ3) is 5.05. The Morgan fingerprint density at radius 2 is 1.94 bits per heavy atom. The summed E-state index contributed by atoms with van der Waals surface area (Å²) in [7, 11) is 0. The molecular formula is C23H30N8S. The topological polar surface area (TPSA) is 83.8 Å². The van der Waals surface area contributed by atoms with E-state index in [0.29, 0.717) is 24.6 Å². The van der Waals surface area contributed by atoms with E-state index in [1.54, 1.807) is 17.5 Å². The molecule has 0 spiro atoms. The van der Waals surface area contributed by atoms with Crippen LogP contribution in [0.4, 0.5) is 11.8 Å². The molecule has 0 bridgehead atoms. The maximum Gasteiger partial charge on any atom is 0.227 e. The highest BCUT2D eigenvalue weighted by atomic mass is 32.1. The largest absolute Gasteiger partial charge is 0.367 e. The first-order chi connectivity index (χ1) is 15.5. The van der Waals surface area contributed by atoms with Crippen LogP contribution in [0, 0.1) is 0 Å². The van der Waals surface area contributed by atoms with Crippen LogP contribution in [0.3, 0.4) is 0 Å². The van der Waals surface area contributed by atoms with Crippen LogP contribution in [0.5, 0.6) is 0 Å². The SMILES string of the molecule is CC(C)N(CCNc1nc(NCc2cccnc2)nc2c1ncn2-c1ccsc1)C(C)C. The van der Waals surface area contributed by atoms with Gasteiger partial charge < -0.3 is 10.6 Å². The van der Waals surface area contributed by atoms with Crippen molar-refractivity contribution in [3.63, 3.8) is 0 Å². The van der Waals surface area contributed by atoms with E-state index in [1.807, 2.05) is 29.2 Å². The van der Waals surface area contributed by atoms with Crippen molar-refractivity contribution in [2.45, 2.75) is 46.3 Å². The monoisotopic (exact) mass is 450 g/mol. The first-order valence-corrected chi connectivity index (χ1v) is 11.9. The fourth-order valence-corrected chi connectivity index (χ4v) is 4.41. The zero-order valence-electron chi connectivity index (χ0n) is 19.0. The first-order valence-electron chi connectivity index (χ1n) is 10.9. The van der Waals surface area contributed by atoms with Crippen molar-refractivity contribution in [1.82, 2.24) is 29.4 Å². The number of imidazole rings is 1. The number of rotatable bonds is 10. The third-order valence-corrected chi connectivity index (χ3v) is 6.01. The van der Waals surface area contributed by atoms with Crippen molar-refractivity contribution < 1.29 is 0 Å². The van der Waals surface area contributed by atoms with Gasteiger partial charge in [-0.1, -0.05) is 6.07 Å². The van der Waals surface area contributed by atoms with Gasteiger partial charge in [-0.05, 0) is 50.8 Å². The van der Waals surface area contributed by atoms with Gasteiger partial charge >= 0.3 is 0 Å². The fourth-order valence-electron chi connectivity index (χ4n) is 3.79. The average molecular weight is 451 g/mol. The molecule has 0 aliphatic rings. The third-order valence-electron chi connectivity index (χ3n) is 5.34. The molecular weight excluding hydrogens is 420 g/mol. The van der Waals surface area contributed by atoms with Gasteiger partial charge in [0.1, 0.15) is 6.33 Å². The molecule has 0 unspecified atom stereocenters. The van der Waals surface area contributed by atoms with Crippen molar-refractivity contribution in [3.8, 4) is 5.69 Å². The minimum Gasteiger partial charge on any atom is -0.367 e. The Hall–Kier alpha value is -3.04. The molecule has 0 amide bonds. The molecule has 32 heavy (non-hydrogen) atoms. The summed E-state index contributed by atoms with van der Waals surface area (Å²) in [6, 6.07) is 6.98. The quantitative estimate of drug-likeness (QED) is 0.370. The minimum absolute atomic E-state index is 0.483. The smallest absolute Gasteiger partial charge is 0.227 e. The van der Waals surface area contributed by atoms with E-state index < -0.39 is 0 Å². The van der Waals surface area contributed by atoms with Crippen LogP contribution in [-0.4, -0.2) is 54.6 Å². The molecule has 168 valence electrons. The second-order valence-electron chi connectivity index (χ2n) is 8.23. The second kappa shape index (κ2) is 10.1. The van der Waals surface area contributed by atoms with Crippen LogP contribution < -0.4 is 10.6 Å². The number of pyridine rings is 1. The molecule has 4 heterocycles. The predicted molar refractivity (Wildman–Crippen MR) is 132 cm³/mol. The standard InChI is InChI=1S/C23H30N8S/c1-16(2)30(17(3)4)10-9-25-21-20-22(31(15-27-20)19-7-11-32-14-19)29-23(28-21)26-13-18-6-5-8-24-12-18/h5-8,11-12,14-17H,9-10,13H2,1-4H3,(H2,25,26,28,29). The van der Waals surface area contributed by atoms with Crippen LogP contribution in [0.25, 0.3) is 16.9 Å². The van der Waals surface area contributed by atoms with Crippen LogP contribution >= 0.6 is 11.3 Å². The number of hydrogen-bond acceptors (Lipinski definition) is 8. The van der Waals surface area contributed by atoms with Gasteiger partial charge in [-0.2, -0.15) is 21.3 Å². The molecule has 0 saturated carbocycles. The van der Waals surface area contributed by atoms with E-state index in [1.165, 1.54) is 0 Å². The van der Waals surface area contributed by atoms with E-state index >= 15 is 0 Å². The number of aromatic nitrogens is 5. The normalized spacial score (nSPS) is 11.7. The van der Waals surface area contributed by atoms with E-state index in [-0.39, 0.29) is 0 Å². The molecule has 0 aliphatic carbocycles. The van der Waals surface area contributed by atoms with Gasteiger partial charge in [0.15, 0.2) is 17.0 Å². The molecule has 9 heteroatoms. The van der Waals surface area contributed by atoms with Crippen molar-refractivity contribution in [2.24, 2.45) is 0 Å². The van der Waals surface area contributed by atoms with Gasteiger partial charge in [-0.15, -0.1) is 0 Å². The maximum atomic E-state index is 4.78. The van der Waals surface area contributed by atoms with Gasteiger partial charge in [0.2, 0.25) is 5.95 Å². The number of nitrogens with one attached hydrogen (secondary N) is 2. The van der Waals surface area contributed by atoms with Crippen molar-refractivity contribution in [3.05, 3.63) is 53.2 Å². The Balaban J connectivity index is 1.61. The molecule has 0 atom stereocenters. The number of hydrogen-bond donors (Lipinski definition) is 2. The molecule has 8 nitrogen and oxygen atoms in total. The molecule has 2 N–H and O–H groups in total. The molecule has 4 aromatic heterocycles. The Morgan fingerprint density at radius 3 is 2.62 bits per heavy atom. The van der Waals surface area contributed by atoms with E-state index in [2.05, 4.69) is 70.0 Å². The fraction of sp³-hybridized carbons (Fsp3) is 0.391. The van der Waals surface area contributed by atoms with Gasteiger partial charge in [0.05, 0.1) is 5.69 Å². The molecule has 0 aromatic carbocycles. The molecule has 0 aliphatic heterocycles. The van der Waals surface area contributed by atoms with Crippen LogP contribution in [0.2, 0.25) is 0 Å². The zero-order chi connectivity index (χ0) is 22.5. The Kier molecular flexibility index (Phi) is 6.96. The van der Waals surface area contributed by atoms with Gasteiger partial charge in [-0.3, -0.25) is 14.5 Å². The van der Waals surface area contributed by atoms with Gasteiger partial charge in [-0.25, -0.2) is 4.98 Å². The highest BCUT2D eigenvalue weighted by Crippen LogP contribution is 2.24. The van der Waals surface area contributed by atoms with Crippen LogP contribution in [0.1, 0.15) is 33.3 Å². The van der Waals surface area contributed by atoms with Crippen molar-refractivity contribution in [2.75, 3.05) is 23.7 Å². The van der Waals surface area contributed by atoms with E-state index in [0.717, 1.165) is 41.3 Å². The van der Waals surface area contributed by atoms with Crippen molar-refractivity contribution in [1.29, 1.82) is 0 Å². The lowest BCUT2D eigenvalue weighted by Crippen LogP contribution is -2.40. The maximum absolute atomic E-state index is 4.78. The summed E-state index contributed by atoms with van der Waals surface area (Å²) in [4.78, 5) is 20.8. The van der Waals surface area contributed by atoms with Crippen LogP contribution in [-0.2, 0) is 6.54 Å². The Labute approximate surface area is 192 Å². The summed E-state index contributed by atoms with van der Waals surface area (Å²) in [5.41, 5.74) is 3.66. The average Bonchev–Trinajstić information content (AvgIpc) is 3.45. The zero-order valence-corrected chi connectivity index (χ0v) is 19.8. The second-order valence-corrected chi connectivity index (χ2v) is 9.01. The summed E-state index contributed by atoms with van der Waals surface area (Å²) in [5, 5.41) is 11.0. The summed E-state index contributed by atoms with van der Waals surface area (Å²) >= 11 is 1.65. The molecule has 4 aromatic rings. The number of fused-ring (bicyclic) bond motifs is 1. The van der Waals surface area contributed by atoms with E-state index in [4.69, 9.17) is 9.97 Å². The Bertz CT molecular complexity index is 1110. The van der Waals surface area contributed by atoms with E-state index in [9.17, 15) is 0 Å². The summed E-state index contributed by atoms with van der Waals surface area (Å²) in [6.45, 7) is 11.2. The summed E-state index contributed by atoms with van der Waals surface area (Å²) in [5.74, 6) is 1.30. The number of thiophene rings is 1. The molecule has 0 radical (unpaired) electrons.